The summed E-state index contributed by atoms with van der Waals surface area (Å²) in [5.74, 6) is 0.327. The number of carbonyl (C=O) groups is 1. The number of amides is 1. The Labute approximate surface area is 101 Å². The Morgan fingerprint density at radius 1 is 1.59 bits per heavy atom. The zero-order chi connectivity index (χ0) is 12.4. The van der Waals surface area contributed by atoms with Crippen LogP contribution in [0.15, 0.2) is 18.2 Å². The van der Waals surface area contributed by atoms with Crippen molar-refractivity contribution in [2.45, 2.75) is 38.3 Å². The summed E-state index contributed by atoms with van der Waals surface area (Å²) in [6.07, 6.45) is 1.86. The first-order valence-corrected chi connectivity index (χ1v) is 5.96. The number of ether oxygens (including phenoxy) is 1. The zero-order valence-electron chi connectivity index (χ0n) is 9.98. The minimum atomic E-state index is -0.557. The maximum absolute atomic E-state index is 11.2. The van der Waals surface area contributed by atoms with E-state index in [0.717, 1.165) is 29.7 Å². The van der Waals surface area contributed by atoms with Gasteiger partial charge < -0.3 is 16.2 Å². The van der Waals surface area contributed by atoms with E-state index in [0.29, 0.717) is 6.42 Å². The molecule has 0 fully saturated rings. The van der Waals surface area contributed by atoms with E-state index >= 15 is 0 Å². The molecule has 4 N–H and O–H groups in total. The molecule has 17 heavy (non-hydrogen) atoms. The van der Waals surface area contributed by atoms with Gasteiger partial charge in [-0.1, -0.05) is 19.1 Å². The molecule has 0 saturated heterocycles. The second-order valence-electron chi connectivity index (χ2n) is 4.39. The van der Waals surface area contributed by atoms with Gasteiger partial charge in [-0.25, -0.2) is 0 Å². The van der Waals surface area contributed by atoms with Crippen molar-refractivity contribution in [3.63, 3.8) is 0 Å². The largest absolute Gasteiger partial charge is 0.480 e. The molecule has 1 aromatic rings. The van der Waals surface area contributed by atoms with Crippen LogP contribution in [0.5, 0.6) is 5.75 Å². The number of carbonyl (C=O) groups excluding carboxylic acids is 1. The second-order valence-corrected chi connectivity index (χ2v) is 4.39. The first kappa shape index (κ1) is 11.9. The van der Waals surface area contributed by atoms with E-state index in [4.69, 9.17) is 16.2 Å². The molecule has 2 rings (SSSR count). The quantitative estimate of drug-likeness (QED) is 0.823. The van der Waals surface area contributed by atoms with Crippen LogP contribution in [0.3, 0.4) is 0 Å². The van der Waals surface area contributed by atoms with Crippen LogP contribution in [0, 0.1) is 0 Å². The van der Waals surface area contributed by atoms with Gasteiger partial charge in [0.05, 0.1) is 0 Å². The van der Waals surface area contributed by atoms with Crippen LogP contribution in [0.4, 0.5) is 0 Å². The molecule has 2 atom stereocenters. The van der Waals surface area contributed by atoms with Gasteiger partial charge in [0.2, 0.25) is 0 Å². The van der Waals surface area contributed by atoms with Crippen molar-refractivity contribution in [1.29, 1.82) is 0 Å². The van der Waals surface area contributed by atoms with Crippen LogP contribution < -0.4 is 16.2 Å². The van der Waals surface area contributed by atoms with Crippen LogP contribution in [0.1, 0.15) is 36.9 Å². The van der Waals surface area contributed by atoms with Gasteiger partial charge in [-0.3, -0.25) is 4.79 Å². The first-order valence-electron chi connectivity index (χ1n) is 5.96. The minimum Gasteiger partial charge on any atom is -0.480 e. The van der Waals surface area contributed by atoms with Gasteiger partial charge in [0.1, 0.15) is 5.75 Å². The predicted octanol–water partition coefficient (Wildman–Crippen LogP) is 1.28. The first-order chi connectivity index (χ1) is 8.13. The number of fused-ring (bicyclic) bond motifs is 1. The molecule has 2 unspecified atom stereocenters. The Morgan fingerprint density at radius 3 is 3.00 bits per heavy atom. The lowest BCUT2D eigenvalue weighted by molar-refractivity contribution is -0.124. The molecule has 4 heteroatoms. The summed E-state index contributed by atoms with van der Waals surface area (Å²) in [7, 11) is 0. The van der Waals surface area contributed by atoms with Gasteiger partial charge in [0.25, 0.3) is 5.91 Å². The van der Waals surface area contributed by atoms with Crippen molar-refractivity contribution in [3.05, 3.63) is 29.3 Å². The van der Waals surface area contributed by atoms with E-state index in [1.165, 1.54) is 0 Å². The summed E-state index contributed by atoms with van der Waals surface area (Å²) in [5.41, 5.74) is 13.5. The van der Waals surface area contributed by atoms with Crippen LogP contribution in [-0.4, -0.2) is 12.0 Å². The van der Waals surface area contributed by atoms with Gasteiger partial charge in [-0.05, 0) is 36.5 Å². The lowest BCUT2D eigenvalue weighted by Gasteiger charge is -2.17. The summed E-state index contributed by atoms with van der Waals surface area (Å²) in [6.45, 7) is 1.88. The Morgan fingerprint density at radius 2 is 2.35 bits per heavy atom. The highest BCUT2D eigenvalue weighted by molar-refractivity contribution is 5.79. The molecule has 0 aliphatic heterocycles. The number of nitrogens with two attached hydrogens (primary N) is 2. The molecule has 0 heterocycles. The van der Waals surface area contributed by atoms with Crippen molar-refractivity contribution in [3.8, 4) is 5.75 Å². The number of benzene rings is 1. The molecule has 1 amide bonds. The van der Waals surface area contributed by atoms with Crippen molar-refractivity contribution in [2.75, 3.05) is 0 Å². The highest BCUT2D eigenvalue weighted by Gasteiger charge is 2.24. The Kier molecular flexibility index (Phi) is 3.33. The van der Waals surface area contributed by atoms with E-state index < -0.39 is 12.0 Å². The van der Waals surface area contributed by atoms with Gasteiger partial charge in [0, 0.05) is 6.04 Å². The third-order valence-electron chi connectivity index (χ3n) is 3.23. The fourth-order valence-electron chi connectivity index (χ4n) is 2.26. The fraction of sp³-hybridized carbons (Fsp3) is 0.462. The highest BCUT2D eigenvalue weighted by atomic mass is 16.5. The Hall–Kier alpha value is -1.55. The molecular weight excluding hydrogens is 216 g/mol. The molecule has 4 nitrogen and oxygen atoms in total. The molecule has 1 aliphatic rings. The lowest BCUT2D eigenvalue weighted by Crippen LogP contribution is -2.33. The van der Waals surface area contributed by atoms with Crippen LogP contribution in [-0.2, 0) is 11.2 Å². The monoisotopic (exact) mass is 234 g/mol. The lowest BCUT2D eigenvalue weighted by atomic mass is 10.1. The minimum absolute atomic E-state index is 0.0854. The van der Waals surface area contributed by atoms with Gasteiger partial charge in [-0.15, -0.1) is 0 Å². The smallest absolute Gasteiger partial charge is 0.258 e. The Balaban J connectivity index is 2.25. The van der Waals surface area contributed by atoms with E-state index in [-0.39, 0.29) is 6.04 Å². The molecule has 0 saturated carbocycles. The average molecular weight is 234 g/mol. The van der Waals surface area contributed by atoms with E-state index in [1.807, 2.05) is 25.1 Å². The molecule has 92 valence electrons. The Bertz CT molecular complexity index is 431. The maximum atomic E-state index is 11.2. The summed E-state index contributed by atoms with van der Waals surface area (Å²) < 4.78 is 5.69. The van der Waals surface area contributed by atoms with Crippen molar-refractivity contribution >= 4 is 5.91 Å². The molecule has 1 aromatic carbocycles. The summed E-state index contributed by atoms with van der Waals surface area (Å²) >= 11 is 0. The molecule has 0 aromatic heterocycles. The van der Waals surface area contributed by atoms with Gasteiger partial charge >= 0.3 is 0 Å². The summed E-state index contributed by atoms with van der Waals surface area (Å²) in [4.78, 5) is 11.2. The van der Waals surface area contributed by atoms with Crippen molar-refractivity contribution in [1.82, 2.24) is 0 Å². The molecular formula is C13H18N2O2. The average Bonchev–Trinajstić information content (AvgIpc) is 2.69. The van der Waals surface area contributed by atoms with Crippen LogP contribution in [0.25, 0.3) is 0 Å². The third kappa shape index (κ3) is 2.26. The molecule has 0 spiro atoms. The maximum Gasteiger partial charge on any atom is 0.258 e. The number of hydrogen-bond acceptors (Lipinski definition) is 3. The van der Waals surface area contributed by atoms with Crippen molar-refractivity contribution < 1.29 is 9.53 Å². The van der Waals surface area contributed by atoms with Gasteiger partial charge in [0.15, 0.2) is 6.10 Å². The van der Waals surface area contributed by atoms with Gasteiger partial charge in [-0.2, -0.15) is 0 Å². The third-order valence-corrected chi connectivity index (χ3v) is 3.23. The number of rotatable bonds is 4. The SMILES string of the molecule is CCC(Oc1cccc2c1CCC2N)C(N)=O. The van der Waals surface area contributed by atoms with Crippen LogP contribution >= 0.6 is 0 Å². The van der Waals surface area contributed by atoms with Crippen molar-refractivity contribution in [2.24, 2.45) is 11.5 Å². The topological polar surface area (TPSA) is 78.3 Å². The predicted molar refractivity (Wildman–Crippen MR) is 65.6 cm³/mol. The summed E-state index contributed by atoms with van der Waals surface area (Å²) in [6, 6.07) is 5.89. The van der Waals surface area contributed by atoms with Crippen LogP contribution in [0.2, 0.25) is 0 Å². The summed E-state index contributed by atoms with van der Waals surface area (Å²) in [5, 5.41) is 0. The van der Waals surface area contributed by atoms with E-state index in [2.05, 4.69) is 0 Å². The number of primary amides is 1. The van der Waals surface area contributed by atoms with E-state index in [1.54, 1.807) is 0 Å². The molecule has 0 radical (unpaired) electrons. The molecule has 0 bridgehead atoms. The highest BCUT2D eigenvalue weighted by Crippen LogP contribution is 2.35. The normalized spacial score (nSPS) is 19.8. The fourth-order valence-corrected chi connectivity index (χ4v) is 2.26. The van der Waals surface area contributed by atoms with E-state index in [9.17, 15) is 4.79 Å². The number of hydrogen-bond donors (Lipinski definition) is 2. The zero-order valence-corrected chi connectivity index (χ0v) is 9.98. The molecule has 1 aliphatic carbocycles. The standard InChI is InChI=1S/C13H18N2O2/c1-2-11(13(15)16)17-12-5-3-4-8-9(12)6-7-10(8)14/h3-5,10-11H,2,6-7,14H2,1H3,(H2,15,16). The second kappa shape index (κ2) is 4.75.